The van der Waals surface area contributed by atoms with E-state index in [2.05, 4.69) is 25.0 Å². The molecular weight excluding hydrogens is 405 g/mol. The lowest BCUT2D eigenvalue weighted by Crippen LogP contribution is -2.51. The Bertz CT molecular complexity index is 1090. The normalized spacial score (nSPS) is 19.8. The number of hydrogen-bond donors (Lipinski definition) is 2. The van der Waals surface area contributed by atoms with Crippen molar-refractivity contribution in [2.45, 2.75) is 25.3 Å². The van der Waals surface area contributed by atoms with Gasteiger partial charge in [0.05, 0.1) is 5.56 Å². The second-order valence-corrected chi connectivity index (χ2v) is 6.51. The number of ether oxygens (including phenoxy) is 2. The van der Waals surface area contributed by atoms with E-state index in [4.69, 9.17) is 15.7 Å². The Balaban J connectivity index is 1.86. The summed E-state index contributed by atoms with van der Waals surface area (Å²) < 4.78 is 52.8. The van der Waals surface area contributed by atoms with Crippen LogP contribution in [0, 0.1) is 24.1 Å². The molecule has 0 spiro atoms. The number of aliphatic imine (C=N–C) groups is 1. The van der Waals surface area contributed by atoms with Crippen LogP contribution in [0.15, 0.2) is 29.4 Å². The van der Waals surface area contributed by atoms with Crippen molar-refractivity contribution in [1.29, 1.82) is 5.26 Å². The molecule has 2 aromatic rings. The molecule has 0 saturated heterocycles. The van der Waals surface area contributed by atoms with E-state index in [-0.39, 0.29) is 17.3 Å². The van der Waals surface area contributed by atoms with Gasteiger partial charge in [-0.2, -0.15) is 14.0 Å². The first-order chi connectivity index (χ1) is 14.1. The molecule has 3 heterocycles. The van der Waals surface area contributed by atoms with Crippen molar-refractivity contribution in [2.24, 2.45) is 10.7 Å². The van der Waals surface area contributed by atoms with Crippen molar-refractivity contribution in [1.82, 2.24) is 9.97 Å². The standard InChI is InChI=1S/C18H15F3N6O3/c1-9-5-10(6-22)7-24-14(9)30-16(28)26-12-4-3-11(19)13(25-12)17(2)18(20,21)8-29-15(23)27-17/h3-5,7H,8H2,1-2H3,(H2,23,27)(H,25,26,28)/t17-/m1/s1. The fourth-order valence-corrected chi connectivity index (χ4v) is 2.67. The van der Waals surface area contributed by atoms with Crippen molar-refractivity contribution < 1.29 is 27.4 Å². The highest BCUT2D eigenvalue weighted by Crippen LogP contribution is 2.43. The Morgan fingerprint density at radius 3 is 2.83 bits per heavy atom. The number of hydrogen-bond acceptors (Lipinski definition) is 8. The van der Waals surface area contributed by atoms with Gasteiger partial charge in [-0.15, -0.1) is 0 Å². The fraction of sp³-hybridized carbons (Fsp3) is 0.278. The maximum Gasteiger partial charge on any atom is 0.419 e. The van der Waals surface area contributed by atoms with E-state index in [0.717, 1.165) is 19.1 Å². The largest absolute Gasteiger partial charge is 0.459 e. The lowest BCUT2D eigenvalue weighted by atomic mass is 9.89. The first-order valence-electron chi connectivity index (χ1n) is 8.44. The quantitative estimate of drug-likeness (QED) is 0.779. The van der Waals surface area contributed by atoms with Crippen LogP contribution in [0.1, 0.15) is 23.7 Å². The van der Waals surface area contributed by atoms with Gasteiger partial charge in [0.1, 0.15) is 23.4 Å². The van der Waals surface area contributed by atoms with Gasteiger partial charge in [-0.25, -0.2) is 24.1 Å². The summed E-state index contributed by atoms with van der Waals surface area (Å²) in [5, 5.41) is 11.0. The third kappa shape index (κ3) is 3.82. The molecule has 12 heteroatoms. The molecule has 156 valence electrons. The second kappa shape index (κ2) is 7.51. The van der Waals surface area contributed by atoms with Gasteiger partial charge in [0.25, 0.3) is 6.02 Å². The van der Waals surface area contributed by atoms with E-state index in [9.17, 15) is 18.0 Å². The number of amidine groups is 1. The molecule has 30 heavy (non-hydrogen) atoms. The van der Waals surface area contributed by atoms with Gasteiger partial charge in [-0.1, -0.05) is 0 Å². The van der Waals surface area contributed by atoms with Gasteiger partial charge in [0, 0.05) is 11.8 Å². The molecule has 9 nitrogen and oxygen atoms in total. The molecule has 0 radical (unpaired) electrons. The molecular formula is C18H15F3N6O3. The van der Waals surface area contributed by atoms with Crippen LogP contribution in [0.2, 0.25) is 0 Å². The number of carbonyl (C=O) groups is 1. The monoisotopic (exact) mass is 420 g/mol. The molecule has 1 atom stereocenters. The van der Waals surface area contributed by atoms with Crippen LogP contribution >= 0.6 is 0 Å². The van der Waals surface area contributed by atoms with E-state index in [1.54, 1.807) is 6.92 Å². The third-order valence-corrected chi connectivity index (χ3v) is 4.33. The minimum Gasteiger partial charge on any atom is -0.459 e. The fourth-order valence-electron chi connectivity index (χ4n) is 2.67. The Morgan fingerprint density at radius 2 is 2.17 bits per heavy atom. The Labute approximate surface area is 168 Å². The number of nitriles is 1. The lowest BCUT2D eigenvalue weighted by molar-refractivity contribution is -0.118. The summed E-state index contributed by atoms with van der Waals surface area (Å²) in [4.78, 5) is 23.3. The number of nitrogens with two attached hydrogens (primary N) is 1. The minimum absolute atomic E-state index is 0.0749. The summed E-state index contributed by atoms with van der Waals surface area (Å²) >= 11 is 0. The zero-order valence-corrected chi connectivity index (χ0v) is 15.7. The molecule has 1 aliphatic heterocycles. The molecule has 0 bridgehead atoms. The number of nitrogens with zero attached hydrogens (tertiary/aromatic N) is 4. The van der Waals surface area contributed by atoms with Gasteiger partial charge in [-0.05, 0) is 32.0 Å². The molecule has 2 aromatic heterocycles. The van der Waals surface area contributed by atoms with E-state index < -0.39 is 41.7 Å². The molecule has 0 aromatic carbocycles. The van der Waals surface area contributed by atoms with E-state index in [1.165, 1.54) is 12.3 Å². The van der Waals surface area contributed by atoms with Gasteiger partial charge >= 0.3 is 12.0 Å². The van der Waals surface area contributed by atoms with E-state index in [0.29, 0.717) is 5.56 Å². The predicted molar refractivity (Wildman–Crippen MR) is 97.4 cm³/mol. The molecule has 0 saturated carbocycles. The summed E-state index contributed by atoms with van der Waals surface area (Å²) in [7, 11) is 0. The van der Waals surface area contributed by atoms with Gasteiger partial charge < -0.3 is 15.2 Å². The lowest BCUT2D eigenvalue weighted by Gasteiger charge is -2.36. The first-order valence-corrected chi connectivity index (χ1v) is 8.44. The van der Waals surface area contributed by atoms with Gasteiger partial charge in [0.15, 0.2) is 12.1 Å². The van der Waals surface area contributed by atoms with Crippen LogP contribution in [0.25, 0.3) is 0 Å². The first kappa shape index (κ1) is 20.8. The van der Waals surface area contributed by atoms with Crippen LogP contribution in [-0.2, 0) is 10.3 Å². The SMILES string of the molecule is Cc1cc(C#N)cnc1OC(=O)Nc1ccc(F)c([C@@]2(C)N=C(N)OCC2(F)F)n1. The molecule has 0 unspecified atom stereocenters. The number of nitrogens with one attached hydrogen (secondary N) is 1. The smallest absolute Gasteiger partial charge is 0.419 e. The third-order valence-electron chi connectivity index (χ3n) is 4.33. The van der Waals surface area contributed by atoms with Crippen molar-refractivity contribution in [2.75, 3.05) is 11.9 Å². The van der Waals surface area contributed by atoms with Gasteiger partial charge in [-0.3, -0.25) is 5.32 Å². The summed E-state index contributed by atoms with van der Waals surface area (Å²) in [6.45, 7) is 1.42. The van der Waals surface area contributed by atoms with Crippen molar-refractivity contribution in [3.63, 3.8) is 0 Å². The highest BCUT2D eigenvalue weighted by Gasteiger charge is 2.57. The Kier molecular flexibility index (Phi) is 5.22. The highest BCUT2D eigenvalue weighted by molar-refractivity contribution is 5.85. The maximum atomic E-state index is 14.4. The average Bonchev–Trinajstić information content (AvgIpc) is 2.68. The summed E-state index contributed by atoms with van der Waals surface area (Å²) in [5.74, 6) is -5.03. The van der Waals surface area contributed by atoms with E-state index >= 15 is 0 Å². The number of rotatable bonds is 3. The van der Waals surface area contributed by atoms with Crippen LogP contribution in [0.5, 0.6) is 5.88 Å². The number of aryl methyl sites for hydroxylation is 1. The zero-order chi connectivity index (χ0) is 22.1. The van der Waals surface area contributed by atoms with Crippen LogP contribution < -0.4 is 15.8 Å². The molecule has 0 aliphatic carbocycles. The molecule has 3 rings (SSSR count). The van der Waals surface area contributed by atoms with Crippen LogP contribution in [-0.4, -0.2) is 34.6 Å². The number of alkyl halides is 2. The topological polar surface area (TPSA) is 136 Å². The Hall–Kier alpha value is -3.88. The van der Waals surface area contributed by atoms with Crippen molar-refractivity contribution >= 4 is 17.9 Å². The molecule has 1 aliphatic rings. The zero-order valence-electron chi connectivity index (χ0n) is 15.7. The number of aromatic nitrogens is 2. The van der Waals surface area contributed by atoms with Crippen LogP contribution in [0.3, 0.4) is 0 Å². The average molecular weight is 420 g/mol. The maximum absolute atomic E-state index is 14.4. The van der Waals surface area contributed by atoms with Crippen molar-refractivity contribution in [3.8, 4) is 11.9 Å². The summed E-state index contributed by atoms with van der Waals surface area (Å²) in [6, 6.07) is 4.73. The number of anilines is 1. The number of amides is 1. The van der Waals surface area contributed by atoms with Gasteiger partial charge in [0.2, 0.25) is 5.88 Å². The minimum atomic E-state index is -3.62. The summed E-state index contributed by atoms with van der Waals surface area (Å²) in [6.07, 6.45) is 0.160. The van der Waals surface area contributed by atoms with Crippen molar-refractivity contribution in [3.05, 3.63) is 47.0 Å². The number of halogens is 3. The summed E-state index contributed by atoms with van der Waals surface area (Å²) in [5.41, 5.74) is 2.89. The number of carbonyl (C=O) groups excluding carboxylic acids is 1. The molecule has 0 fully saturated rings. The highest BCUT2D eigenvalue weighted by atomic mass is 19.3. The van der Waals surface area contributed by atoms with Crippen LogP contribution in [0.4, 0.5) is 23.8 Å². The van der Waals surface area contributed by atoms with E-state index in [1.807, 2.05) is 6.07 Å². The Morgan fingerprint density at radius 1 is 1.43 bits per heavy atom. The predicted octanol–water partition coefficient (Wildman–Crippen LogP) is 2.60. The molecule has 1 amide bonds. The number of pyridine rings is 2. The second-order valence-electron chi connectivity index (χ2n) is 6.51. The molecule has 3 N–H and O–H groups in total.